The van der Waals surface area contributed by atoms with Gasteiger partial charge in [0.1, 0.15) is 0 Å². The summed E-state index contributed by atoms with van der Waals surface area (Å²) < 4.78 is 7.49. The van der Waals surface area contributed by atoms with Gasteiger partial charge in [0.15, 0.2) is 0 Å². The number of carbonyl (C=O) groups excluding carboxylic acids is 2. The quantitative estimate of drug-likeness (QED) is 0.811. The predicted molar refractivity (Wildman–Crippen MR) is 90.4 cm³/mol. The second-order valence-corrected chi connectivity index (χ2v) is 6.07. The molecular formula is C18H20N2O4. The number of nitrogens with zero attached hydrogens (tertiary/aromatic N) is 2. The summed E-state index contributed by atoms with van der Waals surface area (Å²) in [6, 6.07) is 1.87. The van der Waals surface area contributed by atoms with Crippen molar-refractivity contribution in [2.45, 2.75) is 40.5 Å². The summed E-state index contributed by atoms with van der Waals surface area (Å²) in [6.45, 7) is 7.39. The number of hydrogen-bond acceptors (Lipinski definition) is 4. The van der Waals surface area contributed by atoms with Gasteiger partial charge in [-0.3, -0.25) is 14.0 Å². The molecule has 2 aromatic heterocycles. The first-order valence-corrected chi connectivity index (χ1v) is 7.91. The molecule has 0 aliphatic carbocycles. The highest BCUT2D eigenvalue weighted by molar-refractivity contribution is 6.08. The molecule has 0 aromatic carbocycles. The fourth-order valence-corrected chi connectivity index (χ4v) is 3.56. The molecule has 0 fully saturated rings. The van der Waals surface area contributed by atoms with Crippen molar-refractivity contribution in [3.05, 3.63) is 44.6 Å². The van der Waals surface area contributed by atoms with E-state index in [2.05, 4.69) is 0 Å². The molecule has 3 heterocycles. The van der Waals surface area contributed by atoms with E-state index in [0.29, 0.717) is 23.4 Å². The highest BCUT2D eigenvalue weighted by Crippen LogP contribution is 2.31. The van der Waals surface area contributed by atoms with Crippen molar-refractivity contribution in [2.75, 3.05) is 7.11 Å². The van der Waals surface area contributed by atoms with E-state index in [1.54, 1.807) is 13.8 Å². The fraction of sp³-hybridized carbons (Fsp3) is 0.389. The highest BCUT2D eigenvalue weighted by Gasteiger charge is 2.29. The first-order chi connectivity index (χ1) is 11.3. The second kappa shape index (κ2) is 5.47. The lowest BCUT2D eigenvalue weighted by atomic mass is 10.0. The molecule has 0 atom stereocenters. The van der Waals surface area contributed by atoms with Crippen LogP contribution in [0.25, 0.3) is 11.1 Å². The Balaban J connectivity index is 2.36. The molecule has 24 heavy (non-hydrogen) atoms. The number of aromatic nitrogens is 2. The van der Waals surface area contributed by atoms with Gasteiger partial charge in [-0.1, -0.05) is 6.92 Å². The van der Waals surface area contributed by atoms with Gasteiger partial charge in [-0.15, -0.1) is 0 Å². The SMILES string of the molecule is CCC1=C(C)C(=O)n2c1cc1c(C)c(CC(=O)OC)c(C)n1c2=O. The van der Waals surface area contributed by atoms with Crippen molar-refractivity contribution in [3.8, 4) is 0 Å². The normalized spacial score (nSPS) is 13.8. The number of esters is 1. The summed E-state index contributed by atoms with van der Waals surface area (Å²) in [7, 11) is 1.34. The van der Waals surface area contributed by atoms with Crippen LogP contribution in [0.3, 0.4) is 0 Å². The number of allylic oxidation sites excluding steroid dienone is 2. The topological polar surface area (TPSA) is 69.8 Å². The maximum Gasteiger partial charge on any atom is 0.340 e. The molecule has 0 radical (unpaired) electrons. The smallest absolute Gasteiger partial charge is 0.340 e. The molecule has 3 rings (SSSR count). The fourth-order valence-electron chi connectivity index (χ4n) is 3.56. The van der Waals surface area contributed by atoms with Gasteiger partial charge >= 0.3 is 11.7 Å². The Hall–Kier alpha value is -2.63. The Labute approximate surface area is 139 Å². The van der Waals surface area contributed by atoms with Crippen LogP contribution in [0.15, 0.2) is 16.4 Å². The summed E-state index contributed by atoms with van der Waals surface area (Å²) in [5.41, 5.74) is 4.83. The third-order valence-corrected chi connectivity index (χ3v) is 4.93. The minimum Gasteiger partial charge on any atom is -0.469 e. The molecule has 0 bridgehead atoms. The lowest BCUT2D eigenvalue weighted by Gasteiger charge is -2.07. The molecule has 0 amide bonds. The van der Waals surface area contributed by atoms with Crippen LogP contribution in [0, 0.1) is 13.8 Å². The van der Waals surface area contributed by atoms with Crippen molar-refractivity contribution in [1.82, 2.24) is 8.97 Å². The van der Waals surface area contributed by atoms with E-state index in [-0.39, 0.29) is 24.0 Å². The van der Waals surface area contributed by atoms with Gasteiger partial charge in [-0.25, -0.2) is 9.36 Å². The van der Waals surface area contributed by atoms with Gasteiger partial charge < -0.3 is 4.74 Å². The van der Waals surface area contributed by atoms with Crippen molar-refractivity contribution < 1.29 is 14.3 Å². The monoisotopic (exact) mass is 328 g/mol. The summed E-state index contributed by atoms with van der Waals surface area (Å²) >= 11 is 0. The maximum atomic E-state index is 12.9. The summed E-state index contributed by atoms with van der Waals surface area (Å²) in [6.07, 6.45) is 0.787. The zero-order valence-corrected chi connectivity index (χ0v) is 14.5. The minimum atomic E-state index is -0.382. The standard InChI is InChI=1S/C18H20N2O4/c1-6-12-10(3)17(22)20-15(12)8-14-9(2)13(7-16(21)24-5)11(4)19(14)18(20)23/h8H,6-7H2,1-5H3. The van der Waals surface area contributed by atoms with Crippen molar-refractivity contribution in [3.63, 3.8) is 0 Å². The molecule has 2 aromatic rings. The minimum absolute atomic E-state index is 0.105. The Morgan fingerprint density at radius 1 is 1.21 bits per heavy atom. The van der Waals surface area contributed by atoms with E-state index < -0.39 is 0 Å². The third-order valence-electron chi connectivity index (χ3n) is 4.93. The van der Waals surface area contributed by atoms with Crippen LogP contribution >= 0.6 is 0 Å². The van der Waals surface area contributed by atoms with Crippen molar-refractivity contribution in [1.29, 1.82) is 0 Å². The number of carbonyl (C=O) groups is 2. The van der Waals surface area contributed by atoms with Gasteiger partial charge in [0, 0.05) is 11.3 Å². The number of fused-ring (bicyclic) bond motifs is 2. The van der Waals surface area contributed by atoms with Gasteiger partial charge in [-0.05, 0) is 50.0 Å². The van der Waals surface area contributed by atoms with E-state index >= 15 is 0 Å². The molecule has 0 N–H and O–H groups in total. The third kappa shape index (κ3) is 1.99. The van der Waals surface area contributed by atoms with Crippen LogP contribution in [-0.2, 0) is 16.0 Å². The van der Waals surface area contributed by atoms with Crippen molar-refractivity contribution >= 4 is 23.0 Å². The molecular weight excluding hydrogens is 308 g/mol. The predicted octanol–water partition coefficient (Wildman–Crippen LogP) is 2.27. The van der Waals surface area contributed by atoms with Gasteiger partial charge in [0.2, 0.25) is 0 Å². The highest BCUT2D eigenvalue weighted by atomic mass is 16.5. The van der Waals surface area contributed by atoms with Crippen molar-refractivity contribution in [2.24, 2.45) is 0 Å². The zero-order chi connectivity index (χ0) is 17.8. The second-order valence-electron chi connectivity index (χ2n) is 6.07. The molecule has 6 nitrogen and oxygen atoms in total. The maximum absolute atomic E-state index is 12.9. The van der Waals surface area contributed by atoms with Crippen LogP contribution in [-0.4, -0.2) is 28.0 Å². The van der Waals surface area contributed by atoms with E-state index in [4.69, 9.17) is 4.74 Å². The first-order valence-electron chi connectivity index (χ1n) is 7.91. The van der Waals surface area contributed by atoms with Crippen LogP contribution < -0.4 is 5.69 Å². The van der Waals surface area contributed by atoms with Crippen LogP contribution in [0.2, 0.25) is 0 Å². The average molecular weight is 328 g/mol. The van der Waals surface area contributed by atoms with Crippen LogP contribution in [0.1, 0.15) is 47.6 Å². The summed E-state index contributed by atoms with van der Waals surface area (Å²) in [4.78, 5) is 37.1. The van der Waals surface area contributed by atoms with E-state index in [1.807, 2.05) is 19.9 Å². The molecule has 0 unspecified atom stereocenters. The van der Waals surface area contributed by atoms with Gasteiger partial charge in [0.05, 0.1) is 24.7 Å². The molecule has 1 aliphatic rings. The van der Waals surface area contributed by atoms with E-state index in [9.17, 15) is 14.4 Å². The lowest BCUT2D eigenvalue weighted by molar-refractivity contribution is -0.139. The Bertz CT molecular complexity index is 989. The first kappa shape index (κ1) is 16.2. The Morgan fingerprint density at radius 3 is 2.46 bits per heavy atom. The van der Waals surface area contributed by atoms with E-state index in [0.717, 1.165) is 22.2 Å². The van der Waals surface area contributed by atoms with Gasteiger partial charge in [-0.2, -0.15) is 0 Å². The number of rotatable bonds is 3. The number of hydrogen-bond donors (Lipinski definition) is 0. The number of ether oxygens (including phenoxy) is 1. The Morgan fingerprint density at radius 2 is 1.88 bits per heavy atom. The molecule has 1 aliphatic heterocycles. The van der Waals surface area contributed by atoms with Crippen LogP contribution in [0.5, 0.6) is 0 Å². The zero-order valence-electron chi connectivity index (χ0n) is 14.5. The molecule has 6 heteroatoms. The molecule has 126 valence electrons. The van der Waals surface area contributed by atoms with E-state index in [1.165, 1.54) is 16.1 Å². The largest absolute Gasteiger partial charge is 0.469 e. The number of methoxy groups -OCH3 is 1. The average Bonchev–Trinajstić information content (AvgIpc) is 2.94. The molecule has 0 saturated heterocycles. The van der Waals surface area contributed by atoms with Gasteiger partial charge in [0.25, 0.3) is 5.91 Å². The molecule has 0 saturated carbocycles. The Kier molecular flexibility index (Phi) is 3.70. The summed E-state index contributed by atoms with van der Waals surface area (Å²) in [5, 5.41) is 0. The lowest BCUT2D eigenvalue weighted by Crippen LogP contribution is -2.31. The number of aryl methyl sites for hydroxylation is 2. The summed E-state index contributed by atoms with van der Waals surface area (Å²) in [5.74, 6) is -0.625. The molecule has 0 spiro atoms. The van der Waals surface area contributed by atoms with Crippen LogP contribution in [0.4, 0.5) is 0 Å².